The van der Waals surface area contributed by atoms with E-state index in [0.29, 0.717) is 5.91 Å². The summed E-state index contributed by atoms with van der Waals surface area (Å²) in [7, 11) is 0. The number of fused-ring (bicyclic) bond motifs is 2. The number of carbonyl (C=O) groups excluding carboxylic acids is 1. The Morgan fingerprint density at radius 3 is 2.81 bits per heavy atom. The molecule has 1 heterocycles. The molecule has 4 unspecified atom stereocenters. The van der Waals surface area contributed by atoms with Crippen LogP contribution in [0.25, 0.3) is 0 Å². The van der Waals surface area contributed by atoms with Crippen LogP contribution >= 0.6 is 15.9 Å². The van der Waals surface area contributed by atoms with E-state index in [1.54, 1.807) is 0 Å². The van der Waals surface area contributed by atoms with Gasteiger partial charge in [0.15, 0.2) is 0 Å². The molecule has 16 heavy (non-hydrogen) atoms. The molecule has 1 aliphatic heterocycles. The molecule has 0 radical (unpaired) electrons. The molecule has 2 bridgehead atoms. The number of alkyl halides is 1. The minimum Gasteiger partial charge on any atom is -0.341 e. The van der Waals surface area contributed by atoms with Crippen molar-refractivity contribution in [2.45, 2.75) is 43.4 Å². The van der Waals surface area contributed by atoms with Gasteiger partial charge in [-0.3, -0.25) is 4.79 Å². The van der Waals surface area contributed by atoms with Gasteiger partial charge in [0.25, 0.3) is 0 Å². The molecule has 1 saturated heterocycles. The van der Waals surface area contributed by atoms with E-state index in [1.807, 2.05) is 0 Å². The quantitative estimate of drug-likeness (QED) is 0.715. The maximum Gasteiger partial charge on any atom is 0.236 e. The fraction of sp³-hybridized carbons (Fsp3) is 0.923. The minimum absolute atomic E-state index is 0.0971. The summed E-state index contributed by atoms with van der Waals surface area (Å²) in [4.78, 5) is 14.2. The fourth-order valence-corrected chi connectivity index (χ4v) is 4.57. The molecule has 0 aromatic rings. The van der Waals surface area contributed by atoms with Crippen molar-refractivity contribution in [2.75, 3.05) is 13.1 Å². The zero-order valence-corrected chi connectivity index (χ0v) is 11.3. The van der Waals surface area contributed by atoms with Gasteiger partial charge >= 0.3 is 0 Å². The lowest BCUT2D eigenvalue weighted by atomic mass is 9.88. The van der Waals surface area contributed by atoms with E-state index in [2.05, 4.69) is 20.8 Å². The SMILES string of the molecule is O=C1C(Br)CCCN1CC1CC2CCC1C2. The van der Waals surface area contributed by atoms with Crippen molar-refractivity contribution < 1.29 is 4.79 Å². The van der Waals surface area contributed by atoms with Gasteiger partial charge in [-0.15, -0.1) is 0 Å². The molecular formula is C13H20BrNO. The number of hydrogen-bond donors (Lipinski definition) is 0. The third-order valence-corrected chi connectivity index (χ3v) is 5.65. The number of amides is 1. The van der Waals surface area contributed by atoms with Gasteiger partial charge in [-0.2, -0.15) is 0 Å². The zero-order chi connectivity index (χ0) is 11.1. The largest absolute Gasteiger partial charge is 0.341 e. The average Bonchev–Trinajstić information content (AvgIpc) is 2.86. The highest BCUT2D eigenvalue weighted by atomic mass is 79.9. The number of rotatable bonds is 2. The summed E-state index contributed by atoms with van der Waals surface area (Å²) in [5.41, 5.74) is 0. The van der Waals surface area contributed by atoms with Gasteiger partial charge in [-0.1, -0.05) is 22.4 Å². The molecule has 1 amide bonds. The topological polar surface area (TPSA) is 20.3 Å². The van der Waals surface area contributed by atoms with Crippen LogP contribution in [0.5, 0.6) is 0 Å². The van der Waals surface area contributed by atoms with Gasteiger partial charge in [0.05, 0.1) is 4.83 Å². The summed E-state index contributed by atoms with van der Waals surface area (Å²) >= 11 is 3.49. The van der Waals surface area contributed by atoms with Crippen molar-refractivity contribution in [3.63, 3.8) is 0 Å². The Balaban J connectivity index is 1.60. The third-order valence-electron chi connectivity index (χ3n) is 4.80. The summed E-state index contributed by atoms with van der Waals surface area (Å²) in [6.45, 7) is 2.04. The van der Waals surface area contributed by atoms with E-state index >= 15 is 0 Å². The molecule has 90 valence electrons. The Labute approximate surface area is 106 Å². The number of likely N-dealkylation sites (tertiary alicyclic amines) is 1. The highest BCUT2D eigenvalue weighted by Gasteiger charge is 2.41. The van der Waals surface area contributed by atoms with Crippen molar-refractivity contribution in [3.05, 3.63) is 0 Å². The normalized spacial score (nSPS) is 43.1. The first-order chi connectivity index (χ1) is 7.74. The van der Waals surface area contributed by atoms with Gasteiger partial charge in [0.1, 0.15) is 0 Å². The molecule has 2 aliphatic carbocycles. The molecule has 2 saturated carbocycles. The van der Waals surface area contributed by atoms with Crippen molar-refractivity contribution in [1.29, 1.82) is 0 Å². The molecule has 3 fully saturated rings. The molecule has 3 aliphatic rings. The zero-order valence-electron chi connectivity index (χ0n) is 9.70. The molecule has 0 spiro atoms. The Kier molecular flexibility index (Phi) is 2.99. The predicted molar refractivity (Wildman–Crippen MR) is 67.5 cm³/mol. The predicted octanol–water partition coefficient (Wildman–Crippen LogP) is 2.81. The smallest absolute Gasteiger partial charge is 0.236 e. The molecule has 2 nitrogen and oxygen atoms in total. The van der Waals surface area contributed by atoms with Crippen LogP contribution in [0.1, 0.15) is 38.5 Å². The van der Waals surface area contributed by atoms with Gasteiger partial charge in [0, 0.05) is 13.1 Å². The lowest BCUT2D eigenvalue weighted by Crippen LogP contribution is -2.44. The van der Waals surface area contributed by atoms with E-state index in [1.165, 1.54) is 32.1 Å². The third kappa shape index (κ3) is 1.92. The first-order valence-corrected chi connectivity index (χ1v) is 7.58. The summed E-state index contributed by atoms with van der Waals surface area (Å²) < 4.78 is 0. The monoisotopic (exact) mass is 285 g/mol. The fourth-order valence-electron chi connectivity index (χ4n) is 3.96. The molecular weight excluding hydrogens is 266 g/mol. The molecule has 3 heteroatoms. The summed E-state index contributed by atoms with van der Waals surface area (Å²) in [5, 5.41) is 0. The first-order valence-electron chi connectivity index (χ1n) is 6.67. The van der Waals surface area contributed by atoms with E-state index in [0.717, 1.165) is 37.3 Å². The molecule has 0 N–H and O–H groups in total. The maximum absolute atomic E-state index is 12.0. The standard InChI is InChI=1S/C13H20BrNO/c14-12-2-1-5-15(13(12)16)8-11-7-9-3-4-10(11)6-9/h9-12H,1-8H2. The highest BCUT2D eigenvalue weighted by Crippen LogP contribution is 2.48. The van der Waals surface area contributed by atoms with Crippen molar-refractivity contribution in [1.82, 2.24) is 4.90 Å². The van der Waals surface area contributed by atoms with Crippen LogP contribution in [0.15, 0.2) is 0 Å². The Morgan fingerprint density at radius 2 is 2.12 bits per heavy atom. The summed E-state index contributed by atoms with van der Waals surface area (Å²) in [6.07, 6.45) is 7.91. The van der Waals surface area contributed by atoms with Crippen LogP contribution in [0.2, 0.25) is 0 Å². The van der Waals surface area contributed by atoms with E-state index in [9.17, 15) is 4.79 Å². The highest BCUT2D eigenvalue weighted by molar-refractivity contribution is 9.10. The van der Waals surface area contributed by atoms with Crippen LogP contribution in [-0.2, 0) is 4.79 Å². The minimum atomic E-state index is 0.0971. The van der Waals surface area contributed by atoms with Crippen molar-refractivity contribution >= 4 is 21.8 Å². The Hall–Kier alpha value is -0.0500. The van der Waals surface area contributed by atoms with Crippen LogP contribution < -0.4 is 0 Å². The van der Waals surface area contributed by atoms with Crippen molar-refractivity contribution in [2.24, 2.45) is 17.8 Å². The number of nitrogens with zero attached hydrogens (tertiary/aromatic N) is 1. The van der Waals surface area contributed by atoms with E-state index in [-0.39, 0.29) is 4.83 Å². The number of hydrogen-bond acceptors (Lipinski definition) is 1. The summed E-state index contributed by atoms with van der Waals surface area (Å²) in [6, 6.07) is 0. The number of halogens is 1. The molecule has 4 atom stereocenters. The van der Waals surface area contributed by atoms with Crippen LogP contribution in [0.3, 0.4) is 0 Å². The Bertz CT molecular complexity index is 294. The second-order valence-electron chi connectivity index (χ2n) is 5.83. The van der Waals surface area contributed by atoms with E-state index in [4.69, 9.17) is 0 Å². The van der Waals surface area contributed by atoms with Gasteiger partial charge in [0.2, 0.25) is 5.91 Å². The van der Waals surface area contributed by atoms with Gasteiger partial charge in [-0.05, 0) is 49.9 Å². The van der Waals surface area contributed by atoms with Crippen molar-refractivity contribution in [3.8, 4) is 0 Å². The molecule has 0 aromatic carbocycles. The lowest BCUT2D eigenvalue weighted by Gasteiger charge is -2.34. The number of piperidine rings is 1. The Morgan fingerprint density at radius 1 is 1.25 bits per heavy atom. The maximum atomic E-state index is 12.0. The number of carbonyl (C=O) groups is 1. The second-order valence-corrected chi connectivity index (χ2v) is 6.93. The molecule has 3 rings (SSSR count). The van der Waals surface area contributed by atoms with E-state index < -0.39 is 0 Å². The first kappa shape index (κ1) is 11.1. The van der Waals surface area contributed by atoms with Gasteiger partial charge in [-0.25, -0.2) is 0 Å². The molecule has 0 aromatic heterocycles. The second kappa shape index (κ2) is 4.32. The lowest BCUT2D eigenvalue weighted by molar-refractivity contribution is -0.133. The van der Waals surface area contributed by atoms with Gasteiger partial charge < -0.3 is 4.90 Å². The average molecular weight is 286 g/mol. The van der Waals surface area contributed by atoms with Crippen LogP contribution in [-0.4, -0.2) is 28.7 Å². The van der Waals surface area contributed by atoms with Crippen LogP contribution in [0, 0.1) is 17.8 Å². The summed E-state index contributed by atoms with van der Waals surface area (Å²) in [5.74, 6) is 3.10. The van der Waals surface area contributed by atoms with Crippen LogP contribution in [0.4, 0.5) is 0 Å².